The number of halogens is 2. The van der Waals surface area contributed by atoms with Gasteiger partial charge in [-0.3, -0.25) is 4.72 Å². The number of rotatable bonds is 7. The second-order valence-corrected chi connectivity index (χ2v) is 10.1. The SMILES string of the molecule is CC(C)n1c(-c2ccc(NS(=O)(=O)C3CCC3)cc2)c(C#N)c2ccc(OC(F)F)cc21. The fraction of sp³-hybridized carbons (Fsp3) is 0.348. The summed E-state index contributed by atoms with van der Waals surface area (Å²) < 4.78 is 59.2. The summed E-state index contributed by atoms with van der Waals surface area (Å²) in [6.45, 7) is 0.929. The van der Waals surface area contributed by atoms with Gasteiger partial charge in [-0.05, 0) is 56.5 Å². The summed E-state index contributed by atoms with van der Waals surface area (Å²) in [5.74, 6) is 0.0173. The smallest absolute Gasteiger partial charge is 0.387 e. The van der Waals surface area contributed by atoms with Crippen molar-refractivity contribution in [3.05, 3.63) is 48.0 Å². The van der Waals surface area contributed by atoms with Crippen molar-refractivity contribution in [3.63, 3.8) is 0 Å². The summed E-state index contributed by atoms with van der Waals surface area (Å²) in [6.07, 6.45) is 2.26. The molecule has 4 rings (SSSR count). The fourth-order valence-corrected chi connectivity index (χ4v) is 5.61. The maximum Gasteiger partial charge on any atom is 0.387 e. The van der Waals surface area contributed by atoms with E-state index in [2.05, 4.69) is 15.5 Å². The van der Waals surface area contributed by atoms with Crippen LogP contribution in [0, 0.1) is 11.3 Å². The van der Waals surface area contributed by atoms with Crippen molar-refractivity contribution in [1.82, 2.24) is 4.57 Å². The van der Waals surface area contributed by atoms with E-state index in [9.17, 15) is 22.5 Å². The Hall–Kier alpha value is -3.12. The van der Waals surface area contributed by atoms with Crippen molar-refractivity contribution in [1.29, 1.82) is 5.26 Å². The van der Waals surface area contributed by atoms with E-state index in [4.69, 9.17) is 0 Å². The molecule has 32 heavy (non-hydrogen) atoms. The van der Waals surface area contributed by atoms with Crippen molar-refractivity contribution in [2.24, 2.45) is 0 Å². The van der Waals surface area contributed by atoms with E-state index in [1.54, 1.807) is 30.3 Å². The van der Waals surface area contributed by atoms with Gasteiger partial charge >= 0.3 is 6.61 Å². The third-order valence-corrected chi connectivity index (χ3v) is 7.61. The Morgan fingerprint density at radius 3 is 2.38 bits per heavy atom. The van der Waals surface area contributed by atoms with E-state index in [0.717, 1.165) is 12.0 Å². The lowest BCUT2D eigenvalue weighted by atomic mass is 10.0. The number of alkyl halides is 2. The first-order chi connectivity index (χ1) is 15.2. The minimum absolute atomic E-state index is 0.0173. The number of aromatic nitrogens is 1. The molecule has 0 unspecified atom stereocenters. The first-order valence-electron chi connectivity index (χ1n) is 10.4. The Balaban J connectivity index is 1.77. The molecule has 0 aliphatic heterocycles. The molecular formula is C23H23F2N3O3S. The first kappa shape index (κ1) is 22.1. The molecule has 0 spiro atoms. The van der Waals surface area contributed by atoms with Gasteiger partial charge in [0.15, 0.2) is 0 Å². The normalized spacial score (nSPS) is 14.5. The van der Waals surface area contributed by atoms with Crippen LogP contribution in [0.15, 0.2) is 42.5 Å². The van der Waals surface area contributed by atoms with Crippen LogP contribution in [0.4, 0.5) is 14.5 Å². The van der Waals surface area contributed by atoms with Crippen LogP contribution >= 0.6 is 0 Å². The molecule has 0 bridgehead atoms. The van der Waals surface area contributed by atoms with Crippen molar-refractivity contribution in [3.8, 4) is 23.1 Å². The minimum atomic E-state index is -3.41. The van der Waals surface area contributed by atoms with Crippen LogP contribution in [-0.4, -0.2) is 24.8 Å². The average Bonchev–Trinajstić information content (AvgIpc) is 2.99. The lowest BCUT2D eigenvalue weighted by Gasteiger charge is -2.25. The molecule has 168 valence electrons. The van der Waals surface area contributed by atoms with Gasteiger partial charge < -0.3 is 9.30 Å². The quantitative estimate of drug-likeness (QED) is 0.494. The molecular weight excluding hydrogens is 436 g/mol. The Labute approximate surface area is 185 Å². The fourth-order valence-electron chi connectivity index (χ4n) is 4.02. The van der Waals surface area contributed by atoms with Crippen LogP contribution in [0.5, 0.6) is 5.75 Å². The molecule has 1 aliphatic rings. The van der Waals surface area contributed by atoms with Gasteiger partial charge in [0.2, 0.25) is 10.0 Å². The highest BCUT2D eigenvalue weighted by Crippen LogP contribution is 2.38. The number of nitrogens with one attached hydrogen (secondary N) is 1. The van der Waals surface area contributed by atoms with Gasteiger partial charge in [-0.1, -0.05) is 18.6 Å². The Kier molecular flexibility index (Phi) is 5.82. The maximum atomic E-state index is 12.7. The molecule has 9 heteroatoms. The van der Waals surface area contributed by atoms with Crippen molar-refractivity contribution >= 4 is 26.6 Å². The summed E-state index contributed by atoms with van der Waals surface area (Å²) in [5, 5.41) is 10.2. The standard InChI is InChI=1S/C23H23F2N3O3S/c1-14(2)28-21-12-17(31-23(24)25)10-11-19(21)20(13-26)22(28)15-6-8-16(9-7-15)27-32(29,30)18-4-3-5-18/h6-12,14,18,23,27H,3-5H2,1-2H3. The molecule has 0 amide bonds. The molecule has 1 aliphatic carbocycles. The molecule has 1 fully saturated rings. The van der Waals surface area contributed by atoms with Crippen LogP contribution in [0.25, 0.3) is 22.2 Å². The zero-order chi connectivity index (χ0) is 23.0. The second kappa shape index (κ2) is 8.43. The number of anilines is 1. The molecule has 1 saturated carbocycles. The van der Waals surface area contributed by atoms with Gasteiger partial charge in [0.05, 0.1) is 22.0 Å². The van der Waals surface area contributed by atoms with Crippen molar-refractivity contribution in [2.45, 2.75) is 51.0 Å². The molecule has 0 radical (unpaired) electrons. The number of sulfonamides is 1. The second-order valence-electron chi connectivity index (χ2n) is 8.13. The summed E-state index contributed by atoms with van der Waals surface area (Å²) in [7, 11) is -3.41. The van der Waals surface area contributed by atoms with Crippen LogP contribution in [0.2, 0.25) is 0 Å². The average molecular weight is 460 g/mol. The molecule has 1 heterocycles. The predicted octanol–water partition coefficient (Wildman–Crippen LogP) is 5.66. The lowest BCUT2D eigenvalue weighted by molar-refractivity contribution is -0.0497. The number of hydrogen-bond acceptors (Lipinski definition) is 4. The topological polar surface area (TPSA) is 84.1 Å². The summed E-state index contributed by atoms with van der Waals surface area (Å²) in [5.41, 5.74) is 2.84. The molecule has 1 N–H and O–H groups in total. The molecule has 2 aromatic carbocycles. The van der Waals surface area contributed by atoms with Gasteiger partial charge in [0.1, 0.15) is 11.8 Å². The van der Waals surface area contributed by atoms with E-state index >= 15 is 0 Å². The van der Waals surface area contributed by atoms with Gasteiger partial charge in [-0.2, -0.15) is 14.0 Å². The summed E-state index contributed by atoms with van der Waals surface area (Å²) >= 11 is 0. The van der Waals surface area contributed by atoms with Crippen molar-refractivity contribution < 1.29 is 21.9 Å². The highest BCUT2D eigenvalue weighted by atomic mass is 32.2. The van der Waals surface area contributed by atoms with Crippen LogP contribution < -0.4 is 9.46 Å². The number of benzene rings is 2. The largest absolute Gasteiger partial charge is 0.435 e. The Bertz CT molecular complexity index is 1290. The van der Waals surface area contributed by atoms with E-state index in [1.807, 2.05) is 18.4 Å². The van der Waals surface area contributed by atoms with E-state index in [1.165, 1.54) is 12.1 Å². The minimum Gasteiger partial charge on any atom is -0.435 e. The Morgan fingerprint density at radius 1 is 1.16 bits per heavy atom. The third-order valence-electron chi connectivity index (χ3n) is 5.74. The van der Waals surface area contributed by atoms with Gasteiger partial charge in [0, 0.05) is 23.2 Å². The molecule has 0 saturated heterocycles. The van der Waals surface area contributed by atoms with Crippen LogP contribution in [0.3, 0.4) is 0 Å². The zero-order valence-corrected chi connectivity index (χ0v) is 18.5. The number of ether oxygens (including phenoxy) is 1. The Morgan fingerprint density at radius 2 is 1.84 bits per heavy atom. The highest BCUT2D eigenvalue weighted by molar-refractivity contribution is 7.93. The molecule has 3 aromatic rings. The number of nitriles is 1. The van der Waals surface area contributed by atoms with Gasteiger partial charge in [0.25, 0.3) is 0 Å². The highest BCUT2D eigenvalue weighted by Gasteiger charge is 2.31. The predicted molar refractivity (Wildman–Crippen MR) is 119 cm³/mol. The molecule has 0 atom stereocenters. The van der Waals surface area contributed by atoms with E-state index < -0.39 is 16.6 Å². The summed E-state index contributed by atoms with van der Waals surface area (Å²) in [4.78, 5) is 0. The van der Waals surface area contributed by atoms with Crippen LogP contribution in [-0.2, 0) is 10.0 Å². The van der Waals surface area contributed by atoms with E-state index in [-0.39, 0.29) is 17.0 Å². The maximum absolute atomic E-state index is 12.7. The van der Waals surface area contributed by atoms with Gasteiger partial charge in [-0.15, -0.1) is 0 Å². The zero-order valence-electron chi connectivity index (χ0n) is 17.7. The summed E-state index contributed by atoms with van der Waals surface area (Å²) in [6, 6.07) is 13.5. The lowest BCUT2D eigenvalue weighted by Crippen LogP contribution is -2.33. The number of nitrogens with zero attached hydrogens (tertiary/aromatic N) is 2. The van der Waals surface area contributed by atoms with Crippen molar-refractivity contribution in [2.75, 3.05) is 4.72 Å². The number of hydrogen-bond donors (Lipinski definition) is 1. The third kappa shape index (κ3) is 4.02. The first-order valence-corrected chi connectivity index (χ1v) is 11.9. The van der Waals surface area contributed by atoms with Crippen LogP contribution in [0.1, 0.15) is 44.7 Å². The number of fused-ring (bicyclic) bond motifs is 1. The monoisotopic (exact) mass is 459 g/mol. The molecule has 1 aromatic heterocycles. The molecule has 6 nitrogen and oxygen atoms in total. The van der Waals surface area contributed by atoms with Gasteiger partial charge in [-0.25, -0.2) is 8.42 Å². The van der Waals surface area contributed by atoms with E-state index in [0.29, 0.717) is 40.7 Å².